The topological polar surface area (TPSA) is 87.2 Å². The molecule has 1 aromatic heterocycles. The first-order valence-corrected chi connectivity index (χ1v) is 10.7. The summed E-state index contributed by atoms with van der Waals surface area (Å²) in [5.41, 5.74) is 0.437. The number of hydrogen-bond acceptors (Lipinski definition) is 6. The lowest BCUT2D eigenvalue weighted by atomic mass is 10.2. The lowest BCUT2D eigenvalue weighted by Gasteiger charge is -2.33. The van der Waals surface area contributed by atoms with Crippen LogP contribution in [0.25, 0.3) is 0 Å². The Labute approximate surface area is 170 Å². The smallest absolute Gasteiger partial charge is 0.243 e. The van der Waals surface area contributed by atoms with Crippen LogP contribution in [0, 0.1) is 23.0 Å². The predicted octanol–water partition coefficient (Wildman–Crippen LogP) is 1.74. The molecule has 0 unspecified atom stereocenters. The molecular weight excluding hydrogens is 396 g/mol. The molecule has 148 valence electrons. The molecular formula is C18H22N6O2S2. The Hall–Kier alpha value is -2.32. The van der Waals surface area contributed by atoms with Crippen LogP contribution in [0.5, 0.6) is 0 Å². The number of rotatable bonds is 6. The van der Waals surface area contributed by atoms with Crippen LogP contribution < -0.4 is 0 Å². The van der Waals surface area contributed by atoms with Crippen LogP contribution in [0.3, 0.4) is 0 Å². The number of piperazine rings is 1. The van der Waals surface area contributed by atoms with Crippen molar-refractivity contribution in [3.05, 3.63) is 53.1 Å². The first kappa shape index (κ1) is 20.4. The van der Waals surface area contributed by atoms with Crippen molar-refractivity contribution in [1.82, 2.24) is 23.6 Å². The van der Waals surface area contributed by atoms with Crippen molar-refractivity contribution in [3.8, 4) is 6.07 Å². The van der Waals surface area contributed by atoms with Crippen LogP contribution in [0.2, 0.25) is 0 Å². The number of aromatic nitrogens is 3. The SMILES string of the molecule is C=CCn1c(C)nn(CN2CCN(S(=O)(=O)c3ccc(C#N)cc3)CC2)c1=S. The Kier molecular flexibility index (Phi) is 6.10. The van der Waals surface area contributed by atoms with Gasteiger partial charge in [0.05, 0.1) is 23.2 Å². The van der Waals surface area contributed by atoms with Gasteiger partial charge >= 0.3 is 0 Å². The van der Waals surface area contributed by atoms with Crippen LogP contribution in [-0.2, 0) is 23.2 Å². The van der Waals surface area contributed by atoms with Crippen LogP contribution in [-0.4, -0.2) is 58.1 Å². The first-order valence-electron chi connectivity index (χ1n) is 8.84. The number of hydrogen-bond donors (Lipinski definition) is 0. The number of nitriles is 1. The predicted molar refractivity (Wildman–Crippen MR) is 107 cm³/mol. The monoisotopic (exact) mass is 418 g/mol. The highest BCUT2D eigenvalue weighted by molar-refractivity contribution is 7.89. The molecule has 8 nitrogen and oxygen atoms in total. The van der Waals surface area contributed by atoms with Gasteiger partial charge in [0.1, 0.15) is 5.82 Å². The van der Waals surface area contributed by atoms with E-state index in [4.69, 9.17) is 17.5 Å². The summed E-state index contributed by atoms with van der Waals surface area (Å²) in [5, 5.41) is 13.3. The van der Waals surface area contributed by atoms with E-state index < -0.39 is 10.0 Å². The second-order valence-electron chi connectivity index (χ2n) is 6.53. The van der Waals surface area contributed by atoms with Crippen molar-refractivity contribution in [2.45, 2.75) is 25.0 Å². The normalized spacial score (nSPS) is 16.0. The standard InChI is InChI=1S/C18H22N6O2S2/c1-3-8-23-15(2)20-24(18(23)27)14-21-9-11-22(12-10-21)28(25,26)17-6-4-16(13-19)5-7-17/h3-7H,1,8-12,14H2,2H3. The Morgan fingerprint density at radius 3 is 2.46 bits per heavy atom. The molecule has 0 saturated carbocycles. The summed E-state index contributed by atoms with van der Waals surface area (Å²) in [7, 11) is -3.56. The van der Waals surface area contributed by atoms with Gasteiger partial charge in [-0.1, -0.05) is 6.08 Å². The maximum Gasteiger partial charge on any atom is 0.243 e. The fourth-order valence-electron chi connectivity index (χ4n) is 3.13. The van der Waals surface area contributed by atoms with Crippen LogP contribution >= 0.6 is 12.2 Å². The molecule has 0 amide bonds. The second-order valence-corrected chi connectivity index (χ2v) is 8.83. The van der Waals surface area contributed by atoms with Crippen molar-refractivity contribution >= 4 is 22.2 Å². The van der Waals surface area contributed by atoms with Gasteiger partial charge in [-0.15, -0.1) is 6.58 Å². The lowest BCUT2D eigenvalue weighted by Crippen LogP contribution is -2.48. The molecule has 0 N–H and O–H groups in total. The fraction of sp³-hybridized carbons (Fsp3) is 0.389. The third-order valence-corrected chi connectivity index (χ3v) is 7.05. The quantitative estimate of drug-likeness (QED) is 0.525. The van der Waals surface area contributed by atoms with E-state index in [-0.39, 0.29) is 4.90 Å². The Bertz CT molecular complexity index is 1050. The van der Waals surface area contributed by atoms with Gasteiger partial charge in [0, 0.05) is 32.7 Å². The Balaban J connectivity index is 1.66. The Morgan fingerprint density at radius 2 is 1.89 bits per heavy atom. The summed E-state index contributed by atoms with van der Waals surface area (Å²) in [6.45, 7) is 8.73. The van der Waals surface area contributed by atoms with E-state index >= 15 is 0 Å². The molecule has 1 fully saturated rings. The van der Waals surface area contributed by atoms with E-state index in [0.717, 1.165) is 5.82 Å². The Morgan fingerprint density at radius 1 is 1.25 bits per heavy atom. The molecule has 0 bridgehead atoms. The summed E-state index contributed by atoms with van der Waals surface area (Å²) in [5.74, 6) is 0.826. The van der Waals surface area contributed by atoms with Gasteiger partial charge in [-0.3, -0.25) is 4.90 Å². The third kappa shape index (κ3) is 4.07. The number of allylic oxidation sites excluding steroid dienone is 1. The van der Waals surface area contributed by atoms with Crippen LogP contribution in [0.1, 0.15) is 11.4 Å². The zero-order chi connectivity index (χ0) is 20.3. The molecule has 0 atom stereocenters. The van der Waals surface area contributed by atoms with Gasteiger partial charge in [0.15, 0.2) is 4.77 Å². The summed E-state index contributed by atoms with van der Waals surface area (Å²) >= 11 is 5.47. The summed E-state index contributed by atoms with van der Waals surface area (Å²) in [4.78, 5) is 2.34. The molecule has 1 aliphatic rings. The minimum atomic E-state index is -3.56. The highest BCUT2D eigenvalue weighted by atomic mass is 32.2. The van der Waals surface area contributed by atoms with Gasteiger partial charge in [-0.25, -0.2) is 13.1 Å². The summed E-state index contributed by atoms with van der Waals surface area (Å²) in [6, 6.07) is 8.00. The zero-order valence-corrected chi connectivity index (χ0v) is 17.3. The van der Waals surface area contributed by atoms with Crippen molar-refractivity contribution in [1.29, 1.82) is 5.26 Å². The minimum Gasteiger partial charge on any atom is -0.300 e. The van der Waals surface area contributed by atoms with E-state index in [1.165, 1.54) is 28.6 Å². The van der Waals surface area contributed by atoms with E-state index in [9.17, 15) is 8.42 Å². The molecule has 10 heteroatoms. The van der Waals surface area contributed by atoms with Crippen LogP contribution in [0.4, 0.5) is 0 Å². The van der Waals surface area contributed by atoms with Crippen molar-refractivity contribution in [3.63, 3.8) is 0 Å². The molecule has 2 heterocycles. The number of nitrogens with zero attached hydrogens (tertiary/aromatic N) is 6. The van der Waals surface area contributed by atoms with Crippen molar-refractivity contribution in [2.75, 3.05) is 26.2 Å². The molecule has 1 aromatic carbocycles. The van der Waals surface area contributed by atoms with Crippen LogP contribution in [0.15, 0.2) is 41.8 Å². The number of benzene rings is 1. The third-order valence-electron chi connectivity index (χ3n) is 4.71. The van der Waals surface area contributed by atoms with E-state index in [2.05, 4.69) is 16.6 Å². The molecule has 1 aliphatic heterocycles. The molecule has 28 heavy (non-hydrogen) atoms. The number of aryl methyl sites for hydroxylation is 1. The number of sulfonamides is 1. The fourth-order valence-corrected chi connectivity index (χ4v) is 4.86. The molecule has 1 saturated heterocycles. The highest BCUT2D eigenvalue weighted by Gasteiger charge is 2.28. The average molecular weight is 419 g/mol. The molecule has 3 rings (SSSR count). The second kappa shape index (κ2) is 8.36. The average Bonchev–Trinajstić information content (AvgIpc) is 2.96. The summed E-state index contributed by atoms with van der Waals surface area (Å²) < 4.78 is 31.4. The van der Waals surface area contributed by atoms with Gasteiger partial charge in [-0.2, -0.15) is 14.7 Å². The highest BCUT2D eigenvalue weighted by Crippen LogP contribution is 2.18. The van der Waals surface area contributed by atoms with E-state index in [0.29, 0.717) is 49.7 Å². The van der Waals surface area contributed by atoms with Gasteiger partial charge in [0.25, 0.3) is 0 Å². The van der Waals surface area contributed by atoms with Crippen molar-refractivity contribution < 1.29 is 8.42 Å². The van der Waals surface area contributed by atoms with Gasteiger partial charge < -0.3 is 4.57 Å². The first-order chi connectivity index (χ1) is 13.4. The van der Waals surface area contributed by atoms with E-state index in [1.807, 2.05) is 17.6 Å². The summed E-state index contributed by atoms with van der Waals surface area (Å²) in [6.07, 6.45) is 1.78. The largest absolute Gasteiger partial charge is 0.300 e. The zero-order valence-electron chi connectivity index (χ0n) is 15.7. The molecule has 0 radical (unpaired) electrons. The lowest BCUT2D eigenvalue weighted by molar-refractivity contribution is 0.144. The molecule has 0 aliphatic carbocycles. The van der Waals surface area contributed by atoms with Gasteiger partial charge in [0.2, 0.25) is 10.0 Å². The van der Waals surface area contributed by atoms with E-state index in [1.54, 1.807) is 10.8 Å². The maximum atomic E-state index is 12.8. The van der Waals surface area contributed by atoms with Crippen molar-refractivity contribution in [2.24, 2.45) is 0 Å². The van der Waals surface area contributed by atoms with Gasteiger partial charge in [-0.05, 0) is 43.4 Å². The molecule has 0 spiro atoms. The minimum absolute atomic E-state index is 0.209. The molecule has 2 aromatic rings. The maximum absolute atomic E-state index is 12.8.